The Morgan fingerprint density at radius 3 is 2.53 bits per heavy atom. The third kappa shape index (κ3) is 3.33. The average Bonchev–Trinajstić information content (AvgIpc) is 2.97. The summed E-state index contributed by atoms with van der Waals surface area (Å²) in [4.78, 5) is 50.0. The summed E-state index contributed by atoms with van der Waals surface area (Å²) in [6, 6.07) is 9.24. The van der Waals surface area contributed by atoms with Crippen LogP contribution in [0.25, 0.3) is 0 Å². The maximum absolute atomic E-state index is 14.1. The maximum Gasteiger partial charge on any atom is 0.262 e. The summed E-state index contributed by atoms with van der Waals surface area (Å²) in [6.45, 7) is 0.104. The number of benzene rings is 2. The highest BCUT2D eigenvalue weighted by Gasteiger charge is 2.44. The number of fused-ring (bicyclic) bond motifs is 1. The molecule has 2 aliphatic rings. The second-order valence-corrected chi connectivity index (χ2v) is 7.16. The zero-order chi connectivity index (χ0) is 21.4. The lowest BCUT2D eigenvalue weighted by Gasteiger charge is -2.27. The Morgan fingerprint density at radius 1 is 1.10 bits per heavy atom. The summed E-state index contributed by atoms with van der Waals surface area (Å²) in [6.07, 6.45) is 0.140. The van der Waals surface area contributed by atoms with Crippen molar-refractivity contribution in [3.05, 3.63) is 65.0 Å². The monoisotopic (exact) mass is 410 g/mol. The van der Waals surface area contributed by atoms with Crippen LogP contribution in [0.2, 0.25) is 0 Å². The molecule has 2 aromatic carbocycles. The van der Waals surface area contributed by atoms with Crippen molar-refractivity contribution >= 4 is 29.3 Å². The van der Waals surface area contributed by atoms with E-state index in [1.807, 2.05) is 0 Å². The molecule has 0 spiro atoms. The van der Waals surface area contributed by atoms with Crippen molar-refractivity contribution in [1.29, 1.82) is 0 Å². The van der Waals surface area contributed by atoms with Gasteiger partial charge in [0.1, 0.15) is 11.9 Å². The summed E-state index contributed by atoms with van der Waals surface area (Å²) in [5.74, 6) is -2.69. The van der Waals surface area contributed by atoms with Crippen molar-refractivity contribution in [2.24, 2.45) is 5.73 Å². The standard InChI is InChI=1S/C21H19FN4O4/c22-15-4-2-1-3-13(15)16(10-23)24-11-5-6-12-14(9-11)21(30)26(20(12)29)17-7-8-18(27)25-19(17)28/h1-6,9,16-17,24H,7-8,10,23H2,(H,25,27,28). The Morgan fingerprint density at radius 2 is 1.83 bits per heavy atom. The van der Waals surface area contributed by atoms with Crippen molar-refractivity contribution in [2.45, 2.75) is 24.9 Å². The van der Waals surface area contributed by atoms with E-state index in [0.29, 0.717) is 11.3 Å². The van der Waals surface area contributed by atoms with Crippen LogP contribution in [-0.4, -0.2) is 41.1 Å². The molecule has 4 amide bonds. The van der Waals surface area contributed by atoms with Crippen LogP contribution >= 0.6 is 0 Å². The Hall–Kier alpha value is -3.59. The zero-order valence-corrected chi connectivity index (χ0v) is 15.9. The van der Waals surface area contributed by atoms with Crippen molar-refractivity contribution in [3.63, 3.8) is 0 Å². The van der Waals surface area contributed by atoms with Gasteiger partial charge in [0.05, 0.1) is 17.2 Å². The number of hydrogen-bond acceptors (Lipinski definition) is 6. The van der Waals surface area contributed by atoms with E-state index in [0.717, 1.165) is 4.90 Å². The molecule has 0 bridgehead atoms. The number of imide groups is 2. The van der Waals surface area contributed by atoms with Gasteiger partial charge in [0, 0.05) is 24.2 Å². The van der Waals surface area contributed by atoms with Gasteiger partial charge in [0.2, 0.25) is 11.8 Å². The van der Waals surface area contributed by atoms with Crippen LogP contribution in [0, 0.1) is 5.82 Å². The average molecular weight is 410 g/mol. The predicted molar refractivity (Wildman–Crippen MR) is 105 cm³/mol. The molecule has 2 atom stereocenters. The van der Waals surface area contributed by atoms with Crippen LogP contribution in [-0.2, 0) is 9.59 Å². The molecule has 2 aliphatic heterocycles. The number of amides is 4. The highest BCUT2D eigenvalue weighted by molar-refractivity contribution is 6.23. The molecule has 1 saturated heterocycles. The number of halogens is 1. The molecule has 30 heavy (non-hydrogen) atoms. The fourth-order valence-corrected chi connectivity index (χ4v) is 3.78. The van der Waals surface area contributed by atoms with E-state index in [-0.39, 0.29) is 30.5 Å². The van der Waals surface area contributed by atoms with Gasteiger partial charge in [-0.1, -0.05) is 18.2 Å². The lowest BCUT2D eigenvalue weighted by molar-refractivity contribution is -0.136. The van der Waals surface area contributed by atoms with Gasteiger partial charge in [-0.15, -0.1) is 0 Å². The molecule has 0 saturated carbocycles. The van der Waals surface area contributed by atoms with E-state index in [1.54, 1.807) is 24.3 Å². The minimum Gasteiger partial charge on any atom is -0.377 e. The van der Waals surface area contributed by atoms with Gasteiger partial charge in [0.25, 0.3) is 11.8 Å². The first-order valence-corrected chi connectivity index (χ1v) is 9.47. The lowest BCUT2D eigenvalue weighted by atomic mass is 10.0. The fourth-order valence-electron chi connectivity index (χ4n) is 3.78. The fraction of sp³-hybridized carbons (Fsp3) is 0.238. The van der Waals surface area contributed by atoms with E-state index in [9.17, 15) is 23.6 Å². The summed E-state index contributed by atoms with van der Waals surface area (Å²) in [5, 5.41) is 5.25. The van der Waals surface area contributed by atoms with Crippen LogP contribution in [0.5, 0.6) is 0 Å². The van der Waals surface area contributed by atoms with Crippen molar-refractivity contribution in [3.8, 4) is 0 Å². The molecular formula is C21H19FN4O4. The van der Waals surface area contributed by atoms with Gasteiger partial charge >= 0.3 is 0 Å². The predicted octanol–water partition coefficient (Wildman–Crippen LogP) is 1.34. The normalized spacial score (nSPS) is 19.5. The quantitative estimate of drug-likeness (QED) is 0.640. The highest BCUT2D eigenvalue weighted by atomic mass is 19.1. The lowest BCUT2D eigenvalue weighted by Crippen LogP contribution is -2.54. The summed E-state index contributed by atoms with van der Waals surface area (Å²) >= 11 is 0. The SMILES string of the molecule is NCC(Nc1ccc2c(c1)C(=O)N(C1CCC(=O)NC1=O)C2=O)c1ccccc1F. The zero-order valence-electron chi connectivity index (χ0n) is 15.9. The Bertz CT molecular complexity index is 1070. The summed E-state index contributed by atoms with van der Waals surface area (Å²) in [5.41, 5.74) is 6.98. The number of nitrogens with two attached hydrogens (primary N) is 1. The number of nitrogens with zero attached hydrogens (tertiary/aromatic N) is 1. The minimum atomic E-state index is -1.03. The molecule has 2 heterocycles. The first-order chi connectivity index (χ1) is 14.4. The molecule has 9 heteroatoms. The number of piperidine rings is 1. The maximum atomic E-state index is 14.1. The van der Waals surface area contributed by atoms with Gasteiger partial charge in [-0.25, -0.2) is 4.39 Å². The van der Waals surface area contributed by atoms with Crippen LogP contribution in [0.3, 0.4) is 0 Å². The third-order valence-electron chi connectivity index (χ3n) is 5.30. The molecule has 154 valence electrons. The first-order valence-electron chi connectivity index (χ1n) is 9.47. The molecule has 1 fully saturated rings. The van der Waals surface area contributed by atoms with E-state index in [4.69, 9.17) is 5.73 Å². The molecule has 0 aromatic heterocycles. The van der Waals surface area contributed by atoms with Crippen LogP contribution in [0.4, 0.5) is 10.1 Å². The molecular weight excluding hydrogens is 391 g/mol. The second-order valence-electron chi connectivity index (χ2n) is 7.16. The first kappa shape index (κ1) is 19.7. The van der Waals surface area contributed by atoms with Gasteiger partial charge in [0.15, 0.2) is 0 Å². The molecule has 8 nitrogen and oxygen atoms in total. The van der Waals surface area contributed by atoms with E-state index < -0.39 is 41.5 Å². The largest absolute Gasteiger partial charge is 0.377 e. The Kier molecular flexibility index (Phi) is 5.04. The number of carbonyl (C=O) groups is 4. The molecule has 4 N–H and O–H groups in total. The van der Waals surface area contributed by atoms with Crippen molar-refractivity contribution < 1.29 is 23.6 Å². The smallest absolute Gasteiger partial charge is 0.262 e. The third-order valence-corrected chi connectivity index (χ3v) is 5.30. The topological polar surface area (TPSA) is 122 Å². The van der Waals surface area contributed by atoms with Gasteiger partial charge in [-0.05, 0) is 30.7 Å². The van der Waals surface area contributed by atoms with E-state index in [2.05, 4.69) is 10.6 Å². The molecule has 0 aliphatic carbocycles. The van der Waals surface area contributed by atoms with Crippen molar-refractivity contribution in [2.75, 3.05) is 11.9 Å². The van der Waals surface area contributed by atoms with Crippen LogP contribution in [0.15, 0.2) is 42.5 Å². The highest BCUT2D eigenvalue weighted by Crippen LogP contribution is 2.31. The second kappa shape index (κ2) is 7.68. The van der Waals surface area contributed by atoms with E-state index >= 15 is 0 Å². The number of hydrogen-bond donors (Lipinski definition) is 3. The number of carbonyl (C=O) groups excluding carboxylic acids is 4. The Labute approximate surface area is 171 Å². The van der Waals surface area contributed by atoms with Gasteiger partial charge in [-0.3, -0.25) is 29.4 Å². The Balaban J connectivity index is 1.60. The van der Waals surface area contributed by atoms with Crippen LogP contribution < -0.4 is 16.4 Å². The number of nitrogens with one attached hydrogen (secondary N) is 2. The van der Waals surface area contributed by atoms with Gasteiger partial charge < -0.3 is 11.1 Å². The summed E-state index contributed by atoms with van der Waals surface area (Å²) < 4.78 is 14.1. The van der Waals surface area contributed by atoms with Gasteiger partial charge in [-0.2, -0.15) is 0 Å². The van der Waals surface area contributed by atoms with Crippen LogP contribution in [0.1, 0.15) is 45.2 Å². The summed E-state index contributed by atoms with van der Waals surface area (Å²) in [7, 11) is 0. The molecule has 2 unspecified atom stereocenters. The van der Waals surface area contributed by atoms with Crippen molar-refractivity contribution in [1.82, 2.24) is 10.2 Å². The number of anilines is 1. The number of rotatable bonds is 5. The molecule has 2 aromatic rings. The minimum absolute atomic E-state index is 0.0530. The molecule has 4 rings (SSSR count). The molecule has 0 radical (unpaired) electrons. The van der Waals surface area contributed by atoms with E-state index in [1.165, 1.54) is 18.2 Å².